The lowest BCUT2D eigenvalue weighted by Gasteiger charge is -2.31. The van der Waals surface area contributed by atoms with Gasteiger partial charge in [0.25, 0.3) is 0 Å². The van der Waals surface area contributed by atoms with E-state index < -0.39 is 5.54 Å². The fourth-order valence-corrected chi connectivity index (χ4v) is 1.74. The lowest BCUT2D eigenvalue weighted by molar-refractivity contribution is -0.136. The van der Waals surface area contributed by atoms with Gasteiger partial charge in [-0.05, 0) is 26.7 Å². The van der Waals surface area contributed by atoms with Crippen LogP contribution in [0.15, 0.2) is 0 Å². The van der Waals surface area contributed by atoms with Crippen molar-refractivity contribution in [2.75, 3.05) is 13.1 Å². The number of carbonyl (C=O) groups excluding carboxylic acids is 1. The van der Waals surface area contributed by atoms with Crippen molar-refractivity contribution < 1.29 is 4.79 Å². The van der Waals surface area contributed by atoms with Crippen LogP contribution >= 0.6 is 0 Å². The van der Waals surface area contributed by atoms with E-state index in [1.165, 1.54) is 0 Å². The number of nitrogens with two attached hydrogens (primary N) is 1. The molecule has 2 N–H and O–H groups in total. The monoisotopic (exact) mass is 214 g/mol. The third-order valence-corrected chi connectivity index (χ3v) is 2.71. The van der Waals surface area contributed by atoms with E-state index in [0.29, 0.717) is 0 Å². The molecule has 0 aliphatic carbocycles. The number of rotatable bonds is 7. The van der Waals surface area contributed by atoms with Crippen molar-refractivity contribution in [1.29, 1.82) is 0 Å². The van der Waals surface area contributed by atoms with Gasteiger partial charge in [-0.3, -0.25) is 4.79 Å². The van der Waals surface area contributed by atoms with Crippen LogP contribution in [0, 0.1) is 0 Å². The van der Waals surface area contributed by atoms with Crippen molar-refractivity contribution in [3.63, 3.8) is 0 Å². The van der Waals surface area contributed by atoms with Crippen LogP contribution in [-0.2, 0) is 4.79 Å². The predicted octanol–water partition coefficient (Wildman–Crippen LogP) is 2.15. The Bertz CT molecular complexity index is 190. The second kappa shape index (κ2) is 6.83. The van der Waals surface area contributed by atoms with Crippen molar-refractivity contribution in [3.8, 4) is 0 Å². The first-order valence-corrected chi connectivity index (χ1v) is 6.07. The molecule has 0 aromatic heterocycles. The van der Waals surface area contributed by atoms with Gasteiger partial charge in [-0.25, -0.2) is 0 Å². The van der Waals surface area contributed by atoms with Gasteiger partial charge in [-0.1, -0.05) is 26.7 Å². The smallest absolute Gasteiger partial charge is 0.242 e. The molecule has 0 heterocycles. The van der Waals surface area contributed by atoms with Gasteiger partial charge < -0.3 is 10.6 Å². The van der Waals surface area contributed by atoms with E-state index in [9.17, 15) is 4.79 Å². The molecule has 0 fully saturated rings. The van der Waals surface area contributed by atoms with Crippen molar-refractivity contribution in [2.24, 2.45) is 5.73 Å². The molecule has 0 saturated heterocycles. The molecule has 1 atom stereocenters. The number of nitrogens with zero attached hydrogens (tertiary/aromatic N) is 1. The van der Waals surface area contributed by atoms with Crippen molar-refractivity contribution >= 4 is 5.91 Å². The standard InChI is InChI=1S/C12H26N2O/c1-5-8-10-14(7-3)11(15)12(4,13)9-6-2/h5-10,13H2,1-4H3. The minimum Gasteiger partial charge on any atom is -0.341 e. The van der Waals surface area contributed by atoms with Crippen LogP contribution in [0.2, 0.25) is 0 Å². The Morgan fingerprint density at radius 3 is 2.27 bits per heavy atom. The van der Waals surface area contributed by atoms with E-state index in [-0.39, 0.29) is 5.91 Å². The van der Waals surface area contributed by atoms with Crippen LogP contribution < -0.4 is 5.73 Å². The fourth-order valence-electron chi connectivity index (χ4n) is 1.74. The summed E-state index contributed by atoms with van der Waals surface area (Å²) in [7, 11) is 0. The molecule has 0 rings (SSSR count). The van der Waals surface area contributed by atoms with Crippen LogP contribution in [0.1, 0.15) is 53.4 Å². The summed E-state index contributed by atoms with van der Waals surface area (Å²) in [4.78, 5) is 14.0. The Morgan fingerprint density at radius 1 is 1.27 bits per heavy atom. The average molecular weight is 214 g/mol. The van der Waals surface area contributed by atoms with Gasteiger partial charge in [0.05, 0.1) is 5.54 Å². The number of unbranched alkanes of at least 4 members (excludes halogenated alkanes) is 1. The van der Waals surface area contributed by atoms with E-state index in [0.717, 1.165) is 38.8 Å². The van der Waals surface area contributed by atoms with Gasteiger partial charge in [0.15, 0.2) is 0 Å². The number of carbonyl (C=O) groups is 1. The van der Waals surface area contributed by atoms with Gasteiger partial charge in [0, 0.05) is 13.1 Å². The molecule has 0 aliphatic heterocycles. The number of likely N-dealkylation sites (N-methyl/N-ethyl adjacent to an activating group) is 1. The second-order valence-electron chi connectivity index (χ2n) is 4.41. The SMILES string of the molecule is CCCCN(CC)C(=O)C(C)(N)CCC. The van der Waals surface area contributed by atoms with Gasteiger partial charge in [0.2, 0.25) is 5.91 Å². The Balaban J connectivity index is 4.35. The largest absolute Gasteiger partial charge is 0.341 e. The zero-order valence-corrected chi connectivity index (χ0v) is 10.7. The normalized spacial score (nSPS) is 14.7. The van der Waals surface area contributed by atoms with Crippen LogP contribution in [-0.4, -0.2) is 29.4 Å². The van der Waals surface area contributed by atoms with E-state index in [2.05, 4.69) is 13.8 Å². The van der Waals surface area contributed by atoms with Crippen molar-refractivity contribution in [1.82, 2.24) is 4.90 Å². The quantitative estimate of drug-likeness (QED) is 0.706. The van der Waals surface area contributed by atoms with Crippen LogP contribution in [0.3, 0.4) is 0 Å². The Morgan fingerprint density at radius 2 is 1.87 bits per heavy atom. The summed E-state index contributed by atoms with van der Waals surface area (Å²) in [5.74, 6) is 0.0975. The summed E-state index contributed by atoms with van der Waals surface area (Å²) in [5.41, 5.74) is 5.35. The van der Waals surface area contributed by atoms with E-state index in [4.69, 9.17) is 5.73 Å². The van der Waals surface area contributed by atoms with Crippen molar-refractivity contribution in [2.45, 2.75) is 58.9 Å². The molecule has 3 heteroatoms. The zero-order valence-electron chi connectivity index (χ0n) is 10.7. The molecular weight excluding hydrogens is 188 g/mol. The summed E-state index contributed by atoms with van der Waals surface area (Å²) in [6, 6.07) is 0. The van der Waals surface area contributed by atoms with Crippen LogP contribution in [0.4, 0.5) is 0 Å². The highest BCUT2D eigenvalue weighted by atomic mass is 16.2. The van der Waals surface area contributed by atoms with Gasteiger partial charge in [-0.2, -0.15) is 0 Å². The molecule has 0 aromatic rings. The molecular formula is C12H26N2O. The molecule has 1 unspecified atom stereocenters. The highest BCUT2D eigenvalue weighted by Crippen LogP contribution is 2.13. The number of hydrogen-bond acceptors (Lipinski definition) is 2. The molecule has 0 spiro atoms. The minimum atomic E-state index is -0.682. The summed E-state index contributed by atoms with van der Waals surface area (Å²) in [6.45, 7) is 9.63. The molecule has 90 valence electrons. The third-order valence-electron chi connectivity index (χ3n) is 2.71. The molecule has 0 bridgehead atoms. The molecule has 15 heavy (non-hydrogen) atoms. The summed E-state index contributed by atoms with van der Waals surface area (Å²) in [6.07, 6.45) is 3.87. The first-order chi connectivity index (χ1) is 6.99. The third kappa shape index (κ3) is 4.65. The van der Waals surface area contributed by atoms with E-state index in [1.54, 1.807) is 0 Å². The summed E-state index contributed by atoms with van der Waals surface area (Å²) < 4.78 is 0. The molecule has 0 aliphatic rings. The van der Waals surface area contributed by atoms with E-state index in [1.807, 2.05) is 18.7 Å². The van der Waals surface area contributed by atoms with Crippen LogP contribution in [0.25, 0.3) is 0 Å². The first kappa shape index (κ1) is 14.4. The maximum absolute atomic E-state index is 12.1. The summed E-state index contributed by atoms with van der Waals surface area (Å²) in [5, 5.41) is 0. The van der Waals surface area contributed by atoms with E-state index >= 15 is 0 Å². The molecule has 0 aromatic carbocycles. The zero-order chi connectivity index (χ0) is 11.9. The molecule has 0 saturated carbocycles. The van der Waals surface area contributed by atoms with Gasteiger partial charge >= 0.3 is 0 Å². The average Bonchev–Trinajstić information content (AvgIpc) is 2.18. The van der Waals surface area contributed by atoms with Crippen molar-refractivity contribution in [3.05, 3.63) is 0 Å². The Hall–Kier alpha value is -0.570. The maximum atomic E-state index is 12.1. The minimum absolute atomic E-state index is 0.0975. The number of amides is 1. The predicted molar refractivity (Wildman–Crippen MR) is 64.7 cm³/mol. The molecule has 1 amide bonds. The highest BCUT2D eigenvalue weighted by molar-refractivity contribution is 5.85. The van der Waals surface area contributed by atoms with Crippen LogP contribution in [0.5, 0.6) is 0 Å². The molecule has 0 radical (unpaired) electrons. The maximum Gasteiger partial charge on any atom is 0.242 e. The Labute approximate surface area is 94.0 Å². The first-order valence-electron chi connectivity index (χ1n) is 6.07. The second-order valence-corrected chi connectivity index (χ2v) is 4.41. The Kier molecular flexibility index (Phi) is 6.57. The summed E-state index contributed by atoms with van der Waals surface area (Å²) >= 11 is 0. The topological polar surface area (TPSA) is 46.3 Å². The highest BCUT2D eigenvalue weighted by Gasteiger charge is 2.30. The fraction of sp³-hybridized carbons (Fsp3) is 0.917. The number of hydrogen-bond donors (Lipinski definition) is 1. The van der Waals surface area contributed by atoms with Gasteiger partial charge in [-0.15, -0.1) is 0 Å². The molecule has 3 nitrogen and oxygen atoms in total. The van der Waals surface area contributed by atoms with Gasteiger partial charge in [0.1, 0.15) is 0 Å². The lowest BCUT2D eigenvalue weighted by atomic mass is 9.95. The lowest BCUT2D eigenvalue weighted by Crippen LogP contribution is -2.53.